The third kappa shape index (κ3) is 3.76. The molecule has 0 bridgehead atoms. The summed E-state index contributed by atoms with van der Waals surface area (Å²) in [5, 5.41) is 8.27. The minimum atomic E-state index is -0.167. The molecule has 0 saturated carbocycles. The number of anilines is 2. The minimum Gasteiger partial charge on any atom is -0.469 e. The molecular formula is C48H30N2O2. The zero-order chi connectivity index (χ0) is 33.9. The molecule has 4 heteroatoms. The summed E-state index contributed by atoms with van der Waals surface area (Å²) in [7, 11) is 0. The molecule has 2 aromatic heterocycles. The fourth-order valence-corrected chi connectivity index (χ4v) is 9.05. The summed E-state index contributed by atoms with van der Waals surface area (Å²) < 4.78 is 16.0. The summed E-state index contributed by atoms with van der Waals surface area (Å²) in [4.78, 5) is 2.41. The van der Waals surface area contributed by atoms with E-state index in [9.17, 15) is 0 Å². The van der Waals surface area contributed by atoms with Gasteiger partial charge in [0, 0.05) is 32.8 Å². The summed E-state index contributed by atoms with van der Waals surface area (Å²) >= 11 is 0. The quantitative estimate of drug-likeness (QED) is 0.188. The zero-order valence-corrected chi connectivity index (χ0v) is 28.0. The molecule has 10 aromatic rings. The molecule has 2 atom stereocenters. The topological polar surface area (TPSA) is 30.5 Å². The molecular weight excluding hydrogens is 637 g/mol. The van der Waals surface area contributed by atoms with Crippen LogP contribution in [0, 0.1) is 0 Å². The van der Waals surface area contributed by atoms with Crippen LogP contribution in [0.2, 0.25) is 0 Å². The van der Waals surface area contributed by atoms with Gasteiger partial charge in [-0.3, -0.25) is 4.57 Å². The molecule has 4 nitrogen and oxygen atoms in total. The first-order valence-electron chi connectivity index (χ1n) is 17.9. The summed E-state index contributed by atoms with van der Waals surface area (Å²) in [6, 6.07) is 61.0. The minimum absolute atomic E-state index is 0.116. The maximum Gasteiger partial charge on any atom is 0.213 e. The van der Waals surface area contributed by atoms with Crippen LogP contribution in [0.15, 0.2) is 174 Å². The number of fused-ring (bicyclic) bond motifs is 12. The predicted octanol–water partition coefficient (Wildman–Crippen LogP) is 12.5. The average Bonchev–Trinajstić information content (AvgIpc) is 3.93. The third-order valence-corrected chi connectivity index (χ3v) is 11.3. The summed E-state index contributed by atoms with van der Waals surface area (Å²) in [5.41, 5.74) is 11.1. The van der Waals surface area contributed by atoms with Crippen LogP contribution in [0.4, 0.5) is 11.4 Å². The standard InChI is InChI=1S/C48H30N2O2/c1-3-15-33-29(11-1)13-9-20-39(33)49-41-19-7-5-17-35(41)45-38-26-24-32(28-44(38)52-47(45)49)31-23-25-36-42(27-31)50(40-21-10-14-30-12-2-4-16-34(30)40)48-46(36)37-18-6-8-22-43(37)51-48/h1-28,45,47H. The van der Waals surface area contributed by atoms with Crippen molar-refractivity contribution in [1.29, 1.82) is 0 Å². The Bertz CT molecular complexity index is 3080. The van der Waals surface area contributed by atoms with Gasteiger partial charge in [0.15, 0.2) is 6.23 Å². The largest absolute Gasteiger partial charge is 0.469 e. The van der Waals surface area contributed by atoms with Gasteiger partial charge >= 0.3 is 0 Å². The van der Waals surface area contributed by atoms with Gasteiger partial charge in [0.05, 0.1) is 28.2 Å². The van der Waals surface area contributed by atoms with Gasteiger partial charge in [-0.2, -0.15) is 0 Å². The van der Waals surface area contributed by atoms with Crippen molar-refractivity contribution < 1.29 is 9.15 Å². The van der Waals surface area contributed by atoms with E-state index in [0.717, 1.165) is 50.1 Å². The van der Waals surface area contributed by atoms with Gasteiger partial charge in [-0.05, 0) is 63.9 Å². The van der Waals surface area contributed by atoms with E-state index >= 15 is 0 Å². The van der Waals surface area contributed by atoms with Crippen molar-refractivity contribution >= 4 is 65.9 Å². The lowest BCUT2D eigenvalue weighted by Crippen LogP contribution is -2.32. The molecule has 2 aliphatic heterocycles. The molecule has 0 amide bonds. The van der Waals surface area contributed by atoms with Gasteiger partial charge in [0.25, 0.3) is 0 Å². The Kier molecular flexibility index (Phi) is 5.58. The molecule has 12 rings (SSSR count). The molecule has 0 radical (unpaired) electrons. The molecule has 244 valence electrons. The van der Waals surface area contributed by atoms with Crippen LogP contribution in [-0.4, -0.2) is 10.8 Å². The first-order chi connectivity index (χ1) is 25.8. The van der Waals surface area contributed by atoms with E-state index < -0.39 is 0 Å². The van der Waals surface area contributed by atoms with Crippen molar-refractivity contribution in [1.82, 2.24) is 4.57 Å². The molecule has 0 spiro atoms. The Labute approximate surface area is 299 Å². The molecule has 0 N–H and O–H groups in total. The molecule has 0 aliphatic carbocycles. The maximum atomic E-state index is 7.01. The van der Waals surface area contributed by atoms with Crippen LogP contribution in [0.25, 0.3) is 71.3 Å². The van der Waals surface area contributed by atoms with E-state index in [1.54, 1.807) is 0 Å². The summed E-state index contributed by atoms with van der Waals surface area (Å²) in [6.07, 6.45) is -0.167. The molecule has 4 heterocycles. The fourth-order valence-electron chi connectivity index (χ4n) is 9.05. The van der Waals surface area contributed by atoms with E-state index in [2.05, 4.69) is 173 Å². The zero-order valence-electron chi connectivity index (χ0n) is 28.0. The first-order valence-corrected chi connectivity index (χ1v) is 17.9. The molecule has 0 fully saturated rings. The van der Waals surface area contributed by atoms with Crippen LogP contribution in [0.3, 0.4) is 0 Å². The number of hydrogen-bond acceptors (Lipinski definition) is 3. The summed E-state index contributed by atoms with van der Waals surface area (Å²) in [5.74, 6) is 1.06. The van der Waals surface area contributed by atoms with Crippen LogP contribution in [0.1, 0.15) is 17.0 Å². The fraction of sp³-hybridized carbons (Fsp3) is 0.0417. The number of hydrogen-bond donors (Lipinski definition) is 0. The van der Waals surface area contributed by atoms with Gasteiger partial charge in [-0.1, -0.05) is 133 Å². The Morgan fingerprint density at radius 3 is 1.94 bits per heavy atom. The molecule has 0 saturated heterocycles. The van der Waals surface area contributed by atoms with Crippen molar-refractivity contribution in [2.75, 3.05) is 4.90 Å². The van der Waals surface area contributed by atoms with Gasteiger partial charge in [-0.15, -0.1) is 0 Å². The second kappa shape index (κ2) is 10.4. The van der Waals surface area contributed by atoms with Crippen LogP contribution < -0.4 is 9.64 Å². The van der Waals surface area contributed by atoms with E-state index in [-0.39, 0.29) is 12.1 Å². The lowest BCUT2D eigenvalue weighted by molar-refractivity contribution is 0.234. The first kappa shape index (κ1) is 28.0. The number of furan rings is 1. The van der Waals surface area contributed by atoms with Crippen LogP contribution >= 0.6 is 0 Å². The number of nitrogens with zero attached hydrogens (tertiary/aromatic N) is 2. The third-order valence-electron chi connectivity index (χ3n) is 11.3. The highest BCUT2D eigenvalue weighted by molar-refractivity contribution is 6.21. The lowest BCUT2D eigenvalue weighted by Gasteiger charge is -2.28. The van der Waals surface area contributed by atoms with Crippen molar-refractivity contribution in [3.8, 4) is 22.6 Å². The number of rotatable bonds is 3. The highest BCUT2D eigenvalue weighted by Crippen LogP contribution is 2.56. The van der Waals surface area contributed by atoms with E-state index in [0.29, 0.717) is 0 Å². The van der Waals surface area contributed by atoms with Crippen LogP contribution in [-0.2, 0) is 0 Å². The second-order valence-electron chi connectivity index (χ2n) is 14.0. The molecule has 2 aliphatic rings. The highest BCUT2D eigenvalue weighted by Gasteiger charge is 2.47. The Morgan fingerprint density at radius 2 is 1.10 bits per heavy atom. The number of ether oxygens (including phenoxy) is 1. The van der Waals surface area contributed by atoms with Gasteiger partial charge < -0.3 is 14.1 Å². The molecule has 2 unspecified atom stereocenters. The van der Waals surface area contributed by atoms with Crippen molar-refractivity contribution in [3.63, 3.8) is 0 Å². The van der Waals surface area contributed by atoms with Gasteiger partial charge in [-0.25, -0.2) is 0 Å². The van der Waals surface area contributed by atoms with Crippen molar-refractivity contribution in [3.05, 3.63) is 181 Å². The Hall–Kier alpha value is -6.78. The highest BCUT2D eigenvalue weighted by atomic mass is 16.5. The number of para-hydroxylation sites is 2. The SMILES string of the molecule is c1ccc2c(c1)C1c3ccc(-c4ccc5c6c7ccccc7oc6n(-c6cccc7ccccc67)c5c4)cc3OC1N2c1cccc2ccccc12. The van der Waals surface area contributed by atoms with Crippen LogP contribution in [0.5, 0.6) is 5.75 Å². The Balaban J connectivity index is 1.03. The number of benzene rings is 8. The normalized spacial score (nSPS) is 16.2. The molecule has 52 heavy (non-hydrogen) atoms. The lowest BCUT2D eigenvalue weighted by atomic mass is 9.91. The average molecular weight is 667 g/mol. The van der Waals surface area contributed by atoms with Gasteiger partial charge in [0.1, 0.15) is 11.3 Å². The van der Waals surface area contributed by atoms with Crippen molar-refractivity contribution in [2.24, 2.45) is 0 Å². The van der Waals surface area contributed by atoms with E-state index in [4.69, 9.17) is 9.15 Å². The monoisotopic (exact) mass is 666 g/mol. The van der Waals surface area contributed by atoms with E-state index in [1.807, 2.05) is 6.07 Å². The van der Waals surface area contributed by atoms with E-state index in [1.165, 1.54) is 49.4 Å². The molecule has 8 aromatic carbocycles. The smallest absolute Gasteiger partial charge is 0.213 e. The number of aromatic nitrogens is 1. The predicted molar refractivity (Wildman–Crippen MR) is 212 cm³/mol. The second-order valence-corrected chi connectivity index (χ2v) is 14.0. The maximum absolute atomic E-state index is 7.01. The Morgan fingerprint density at radius 1 is 0.462 bits per heavy atom. The van der Waals surface area contributed by atoms with Crippen molar-refractivity contribution in [2.45, 2.75) is 12.1 Å². The summed E-state index contributed by atoms with van der Waals surface area (Å²) in [6.45, 7) is 0. The van der Waals surface area contributed by atoms with Gasteiger partial charge in [0.2, 0.25) is 5.71 Å².